The third kappa shape index (κ3) is 3.10. The summed E-state index contributed by atoms with van der Waals surface area (Å²) in [5.41, 5.74) is 0.141. The molecule has 3 heterocycles. The van der Waals surface area contributed by atoms with E-state index < -0.39 is 30.3 Å². The number of ether oxygens (including phenoxy) is 1. The molecule has 0 saturated carbocycles. The van der Waals surface area contributed by atoms with Crippen molar-refractivity contribution >= 4 is 17.0 Å². The number of halogens is 4. The third-order valence-electron chi connectivity index (χ3n) is 4.27. The molecule has 0 aliphatic carbocycles. The summed E-state index contributed by atoms with van der Waals surface area (Å²) in [7, 11) is 1.55. The van der Waals surface area contributed by atoms with Crippen molar-refractivity contribution in [3.63, 3.8) is 0 Å². The van der Waals surface area contributed by atoms with Crippen LogP contribution in [0, 0.1) is 0 Å². The van der Waals surface area contributed by atoms with Crippen molar-refractivity contribution in [2.45, 2.75) is 44.6 Å². The van der Waals surface area contributed by atoms with Crippen molar-refractivity contribution in [3.8, 4) is 0 Å². The summed E-state index contributed by atoms with van der Waals surface area (Å²) in [6.45, 7) is 4.21. The molecule has 144 valence electrons. The maximum atomic E-state index is 13.7. The summed E-state index contributed by atoms with van der Waals surface area (Å²) in [6.07, 6.45) is 1.49. The van der Waals surface area contributed by atoms with Crippen LogP contribution in [0.25, 0.3) is 11.2 Å². The Balaban J connectivity index is 2.14. The number of fused-ring (bicyclic) bond motifs is 1. The molecule has 0 atom stereocenters. The van der Waals surface area contributed by atoms with E-state index in [1.54, 1.807) is 11.7 Å². The Hall–Kier alpha value is -1.97. The Kier molecular flexibility index (Phi) is 4.37. The summed E-state index contributed by atoms with van der Waals surface area (Å²) in [4.78, 5) is 13.9. The highest BCUT2D eigenvalue weighted by Crippen LogP contribution is 2.43. The van der Waals surface area contributed by atoms with Crippen molar-refractivity contribution < 1.29 is 22.3 Å². The second-order valence-corrected chi connectivity index (χ2v) is 7.49. The number of imidazole rings is 1. The first-order chi connectivity index (χ1) is 12.0. The molecule has 10 heteroatoms. The Bertz CT molecular complexity index is 799. The first kappa shape index (κ1) is 18.8. The third-order valence-corrected chi connectivity index (χ3v) is 4.27. The van der Waals surface area contributed by atoms with Gasteiger partial charge in [0.05, 0.1) is 26.0 Å². The molecule has 3 rings (SSSR count). The topological polar surface area (TPSA) is 56.1 Å². The predicted octanol–water partition coefficient (Wildman–Crippen LogP) is 2.86. The highest BCUT2D eigenvalue weighted by Gasteiger charge is 2.63. The average molecular weight is 375 g/mol. The van der Waals surface area contributed by atoms with Crippen molar-refractivity contribution in [2.24, 2.45) is 0 Å². The summed E-state index contributed by atoms with van der Waals surface area (Å²) in [5, 5.41) is 0. The van der Waals surface area contributed by atoms with Gasteiger partial charge in [-0.2, -0.15) is 17.6 Å². The molecular formula is C16H21F4N5O. The Morgan fingerprint density at radius 2 is 1.73 bits per heavy atom. The Morgan fingerprint density at radius 1 is 1.12 bits per heavy atom. The fourth-order valence-corrected chi connectivity index (χ4v) is 2.75. The summed E-state index contributed by atoms with van der Waals surface area (Å²) < 4.78 is 61.5. The zero-order valence-electron chi connectivity index (χ0n) is 15.1. The van der Waals surface area contributed by atoms with Crippen molar-refractivity contribution in [2.75, 3.05) is 31.7 Å². The van der Waals surface area contributed by atoms with Gasteiger partial charge in [-0.3, -0.25) is 0 Å². The van der Waals surface area contributed by atoms with Crippen LogP contribution in [0.5, 0.6) is 0 Å². The average Bonchev–Trinajstić information content (AvgIpc) is 3.01. The molecule has 6 nitrogen and oxygen atoms in total. The molecule has 0 radical (unpaired) electrons. The van der Waals surface area contributed by atoms with E-state index >= 15 is 0 Å². The van der Waals surface area contributed by atoms with Crippen LogP contribution in [0.2, 0.25) is 0 Å². The molecule has 0 amide bonds. The number of aromatic nitrogens is 4. The largest absolute Gasteiger partial charge is 0.383 e. The smallest absolute Gasteiger partial charge is 0.329 e. The molecule has 26 heavy (non-hydrogen) atoms. The lowest BCUT2D eigenvalue weighted by molar-refractivity contribution is -0.172. The lowest BCUT2D eigenvalue weighted by Crippen LogP contribution is -2.38. The Labute approximate surface area is 148 Å². The molecule has 0 spiro atoms. The molecule has 1 fully saturated rings. The van der Waals surface area contributed by atoms with Gasteiger partial charge in [0.1, 0.15) is 5.82 Å². The number of methoxy groups -OCH3 is 1. The van der Waals surface area contributed by atoms with Crippen LogP contribution in [-0.2, 0) is 16.7 Å². The fraction of sp³-hybridized carbons (Fsp3) is 0.688. The maximum absolute atomic E-state index is 13.7. The highest BCUT2D eigenvalue weighted by molar-refractivity contribution is 5.84. The van der Waals surface area contributed by atoms with Gasteiger partial charge in [-0.1, -0.05) is 20.8 Å². The van der Waals surface area contributed by atoms with Crippen molar-refractivity contribution in [1.29, 1.82) is 0 Å². The summed E-state index contributed by atoms with van der Waals surface area (Å²) in [5.74, 6) is -7.86. The lowest BCUT2D eigenvalue weighted by Gasteiger charge is -2.22. The van der Waals surface area contributed by atoms with Crippen molar-refractivity contribution in [3.05, 3.63) is 12.2 Å². The monoisotopic (exact) mass is 375 g/mol. The van der Waals surface area contributed by atoms with E-state index in [1.165, 1.54) is 6.33 Å². The quantitative estimate of drug-likeness (QED) is 0.770. The minimum Gasteiger partial charge on any atom is -0.383 e. The molecule has 1 saturated heterocycles. The first-order valence-corrected chi connectivity index (χ1v) is 8.19. The number of hydrogen-bond acceptors (Lipinski definition) is 5. The van der Waals surface area contributed by atoms with E-state index in [2.05, 4.69) is 15.0 Å². The molecule has 0 aromatic carbocycles. The number of hydrogen-bond donors (Lipinski definition) is 0. The van der Waals surface area contributed by atoms with Gasteiger partial charge in [0.25, 0.3) is 0 Å². The first-order valence-electron chi connectivity index (χ1n) is 8.19. The van der Waals surface area contributed by atoms with Gasteiger partial charge in [-0.15, -0.1) is 0 Å². The summed E-state index contributed by atoms with van der Waals surface area (Å²) >= 11 is 0. The number of alkyl halides is 4. The van der Waals surface area contributed by atoms with Crippen molar-refractivity contribution in [1.82, 2.24) is 19.5 Å². The molecule has 2 aromatic heterocycles. The highest BCUT2D eigenvalue weighted by atomic mass is 19.3. The van der Waals surface area contributed by atoms with E-state index in [-0.39, 0.29) is 11.3 Å². The molecule has 1 aliphatic rings. The van der Waals surface area contributed by atoms with Crippen LogP contribution >= 0.6 is 0 Å². The molecule has 0 N–H and O–H groups in total. The number of anilines is 1. The molecule has 1 aliphatic heterocycles. The Morgan fingerprint density at radius 3 is 2.27 bits per heavy atom. The van der Waals surface area contributed by atoms with Gasteiger partial charge in [0, 0.05) is 19.1 Å². The minimum atomic E-state index is -4.12. The van der Waals surface area contributed by atoms with Crippen LogP contribution in [0.1, 0.15) is 26.6 Å². The van der Waals surface area contributed by atoms with E-state index in [1.807, 2.05) is 20.8 Å². The number of nitrogens with zero attached hydrogens (tertiary/aromatic N) is 5. The van der Waals surface area contributed by atoms with Crippen LogP contribution in [0.3, 0.4) is 0 Å². The molecular weight excluding hydrogens is 354 g/mol. The van der Waals surface area contributed by atoms with Gasteiger partial charge < -0.3 is 14.2 Å². The zero-order valence-corrected chi connectivity index (χ0v) is 15.1. The molecule has 2 aromatic rings. The van der Waals surface area contributed by atoms with Crippen LogP contribution in [-0.4, -0.2) is 58.2 Å². The minimum absolute atomic E-state index is 0.00735. The standard InChI is InChI=1S/C16H21F4N5O/c1-14(2,3)13-22-11-10(21-9-24(11)5-6-26-4)12(23-13)25-7-15(17,18)16(19,20)8-25/h9H,5-8H2,1-4H3. The second kappa shape index (κ2) is 6.04. The van der Waals surface area contributed by atoms with Gasteiger partial charge >= 0.3 is 11.8 Å². The summed E-state index contributed by atoms with van der Waals surface area (Å²) in [6, 6.07) is 0. The number of rotatable bonds is 4. The second-order valence-electron chi connectivity index (χ2n) is 7.49. The van der Waals surface area contributed by atoms with Gasteiger partial charge in [-0.25, -0.2) is 15.0 Å². The van der Waals surface area contributed by atoms with Gasteiger partial charge in [0.2, 0.25) is 0 Å². The normalized spacial score (nSPS) is 19.5. The predicted molar refractivity (Wildman–Crippen MR) is 88.0 cm³/mol. The van der Waals surface area contributed by atoms with Crippen LogP contribution in [0.15, 0.2) is 6.33 Å². The maximum Gasteiger partial charge on any atom is 0.329 e. The van der Waals surface area contributed by atoms with E-state index in [4.69, 9.17) is 4.74 Å². The van der Waals surface area contributed by atoms with Gasteiger partial charge in [-0.05, 0) is 0 Å². The fourth-order valence-electron chi connectivity index (χ4n) is 2.75. The molecule has 0 bridgehead atoms. The SMILES string of the molecule is COCCn1cnc2c(N3CC(F)(F)C(F)(F)C3)nc(C(C)(C)C)nc21. The molecule has 0 unspecified atom stereocenters. The lowest BCUT2D eigenvalue weighted by atomic mass is 9.96. The van der Waals surface area contributed by atoms with Gasteiger partial charge in [0.15, 0.2) is 17.0 Å². The van der Waals surface area contributed by atoms with E-state index in [0.717, 1.165) is 4.90 Å². The van der Waals surface area contributed by atoms with E-state index in [9.17, 15) is 17.6 Å². The van der Waals surface area contributed by atoms with Crippen LogP contribution < -0.4 is 4.90 Å². The van der Waals surface area contributed by atoms with E-state index in [0.29, 0.717) is 24.6 Å². The zero-order chi connectivity index (χ0) is 19.3. The van der Waals surface area contributed by atoms with Crippen LogP contribution in [0.4, 0.5) is 23.4 Å².